The summed E-state index contributed by atoms with van der Waals surface area (Å²) >= 11 is 1.36. The Labute approximate surface area is 130 Å². The van der Waals surface area contributed by atoms with Gasteiger partial charge >= 0.3 is 0 Å². The summed E-state index contributed by atoms with van der Waals surface area (Å²) in [5.74, 6) is -0.846. The fraction of sp³-hybridized carbons (Fsp3) is 0.133. The summed E-state index contributed by atoms with van der Waals surface area (Å²) in [4.78, 5) is 25.3. The second kappa shape index (κ2) is 5.27. The van der Waals surface area contributed by atoms with Crippen LogP contribution < -0.4 is 11.1 Å². The highest BCUT2D eigenvalue weighted by Gasteiger charge is 2.17. The second-order valence-electron chi connectivity index (χ2n) is 4.90. The number of fused-ring (bicyclic) bond motifs is 1. The topological polar surface area (TPSA) is 90.0 Å². The van der Waals surface area contributed by atoms with Crippen LogP contribution in [-0.4, -0.2) is 21.6 Å². The molecule has 0 fully saturated rings. The first-order valence-electron chi connectivity index (χ1n) is 6.60. The Hall–Kier alpha value is -2.67. The number of aryl methyl sites for hydroxylation is 2. The molecule has 112 valence electrons. The van der Waals surface area contributed by atoms with Gasteiger partial charge in [-0.05, 0) is 25.1 Å². The first-order chi connectivity index (χ1) is 10.5. The maximum atomic E-state index is 12.4. The largest absolute Gasteiger partial charge is 0.366 e. The molecule has 6 nitrogen and oxygen atoms in total. The van der Waals surface area contributed by atoms with E-state index in [4.69, 9.17) is 5.73 Å². The number of primary amides is 1. The van der Waals surface area contributed by atoms with Gasteiger partial charge in [0.1, 0.15) is 4.83 Å². The summed E-state index contributed by atoms with van der Waals surface area (Å²) in [6, 6.07) is 8.48. The second-order valence-corrected chi connectivity index (χ2v) is 5.93. The Morgan fingerprint density at radius 2 is 2.05 bits per heavy atom. The maximum Gasteiger partial charge on any atom is 0.265 e. The number of amides is 2. The standard InChI is InChI=1S/C15H14N4O2S/c1-8-10-7-12(22-15(10)19(2)18-8)14(21)17-11-6-4-3-5-9(11)13(16)20/h3-7H,1-2H3,(H2,16,20)(H,17,21). The number of hydrogen-bond donors (Lipinski definition) is 2. The van der Waals surface area contributed by atoms with Gasteiger partial charge in [0.15, 0.2) is 0 Å². The van der Waals surface area contributed by atoms with Crippen LogP contribution in [0.15, 0.2) is 30.3 Å². The number of thiophene rings is 1. The van der Waals surface area contributed by atoms with Gasteiger partial charge in [0.25, 0.3) is 11.8 Å². The lowest BCUT2D eigenvalue weighted by Crippen LogP contribution is -2.17. The van der Waals surface area contributed by atoms with E-state index in [9.17, 15) is 9.59 Å². The van der Waals surface area contributed by atoms with Gasteiger partial charge in [0, 0.05) is 12.4 Å². The van der Waals surface area contributed by atoms with Crippen molar-refractivity contribution in [2.75, 3.05) is 5.32 Å². The summed E-state index contributed by atoms with van der Waals surface area (Å²) in [6.07, 6.45) is 0. The molecule has 2 amide bonds. The molecule has 0 saturated carbocycles. The number of nitrogens with zero attached hydrogens (tertiary/aromatic N) is 2. The molecule has 0 aliphatic rings. The van der Waals surface area contributed by atoms with Gasteiger partial charge in [-0.2, -0.15) is 5.10 Å². The van der Waals surface area contributed by atoms with E-state index < -0.39 is 5.91 Å². The highest BCUT2D eigenvalue weighted by atomic mass is 32.1. The number of carbonyl (C=O) groups excluding carboxylic acids is 2. The molecule has 0 saturated heterocycles. The monoisotopic (exact) mass is 314 g/mol. The smallest absolute Gasteiger partial charge is 0.265 e. The maximum absolute atomic E-state index is 12.4. The number of benzene rings is 1. The number of carbonyl (C=O) groups is 2. The number of para-hydroxylation sites is 1. The number of nitrogens with two attached hydrogens (primary N) is 1. The zero-order chi connectivity index (χ0) is 15.9. The third-order valence-electron chi connectivity index (χ3n) is 3.36. The number of nitrogens with one attached hydrogen (secondary N) is 1. The van der Waals surface area contributed by atoms with Gasteiger partial charge in [-0.15, -0.1) is 11.3 Å². The normalized spacial score (nSPS) is 10.8. The third kappa shape index (κ3) is 2.35. The molecule has 0 spiro atoms. The van der Waals surface area contributed by atoms with E-state index in [1.165, 1.54) is 11.3 Å². The molecule has 0 bridgehead atoms. The molecule has 22 heavy (non-hydrogen) atoms. The number of aromatic nitrogens is 2. The van der Waals surface area contributed by atoms with E-state index in [2.05, 4.69) is 10.4 Å². The minimum absolute atomic E-state index is 0.269. The number of rotatable bonds is 3. The molecule has 0 aliphatic heterocycles. The van der Waals surface area contributed by atoms with Crippen LogP contribution in [0.5, 0.6) is 0 Å². The molecule has 0 unspecified atom stereocenters. The average molecular weight is 314 g/mol. The van der Waals surface area contributed by atoms with Crippen LogP contribution in [0.3, 0.4) is 0 Å². The quantitative estimate of drug-likeness (QED) is 0.777. The highest BCUT2D eigenvalue weighted by Crippen LogP contribution is 2.28. The van der Waals surface area contributed by atoms with Crippen molar-refractivity contribution in [1.29, 1.82) is 0 Å². The molecule has 3 rings (SSSR count). The molecule has 3 aromatic rings. The minimum Gasteiger partial charge on any atom is -0.366 e. The minimum atomic E-state index is -0.577. The van der Waals surface area contributed by atoms with E-state index >= 15 is 0 Å². The van der Waals surface area contributed by atoms with Crippen LogP contribution >= 0.6 is 11.3 Å². The summed E-state index contributed by atoms with van der Waals surface area (Å²) in [7, 11) is 1.84. The van der Waals surface area contributed by atoms with Crippen molar-refractivity contribution in [1.82, 2.24) is 9.78 Å². The average Bonchev–Trinajstić information content (AvgIpc) is 3.02. The lowest BCUT2D eigenvalue weighted by molar-refractivity contribution is 0.100. The fourth-order valence-corrected chi connectivity index (χ4v) is 3.33. The predicted octanol–water partition coefficient (Wildman–Crippen LogP) is 2.29. The number of hydrogen-bond acceptors (Lipinski definition) is 4. The SMILES string of the molecule is Cc1nn(C)c2sc(C(=O)Nc3ccccc3C(N)=O)cc12. The molecular formula is C15H14N4O2S. The third-order valence-corrected chi connectivity index (χ3v) is 4.56. The molecule has 0 aliphatic carbocycles. The summed E-state index contributed by atoms with van der Waals surface area (Å²) in [5.41, 5.74) is 6.89. The molecular weight excluding hydrogens is 300 g/mol. The molecule has 7 heteroatoms. The van der Waals surface area contributed by atoms with Crippen molar-refractivity contribution in [3.05, 3.63) is 46.5 Å². The van der Waals surface area contributed by atoms with E-state index in [-0.39, 0.29) is 11.5 Å². The Bertz CT molecular complexity index is 860. The lowest BCUT2D eigenvalue weighted by atomic mass is 10.1. The molecule has 0 radical (unpaired) electrons. The fourth-order valence-electron chi connectivity index (χ4n) is 2.31. The first-order valence-corrected chi connectivity index (χ1v) is 7.42. The Morgan fingerprint density at radius 1 is 1.32 bits per heavy atom. The summed E-state index contributed by atoms with van der Waals surface area (Å²) in [5, 5.41) is 8.00. The van der Waals surface area contributed by atoms with Gasteiger partial charge in [-0.1, -0.05) is 12.1 Å². The van der Waals surface area contributed by atoms with Gasteiger partial charge < -0.3 is 11.1 Å². The van der Waals surface area contributed by atoms with Gasteiger partial charge in [-0.3, -0.25) is 14.3 Å². The summed E-state index contributed by atoms with van der Waals surface area (Å²) in [6.45, 7) is 1.90. The van der Waals surface area contributed by atoms with Crippen molar-refractivity contribution >= 4 is 39.1 Å². The van der Waals surface area contributed by atoms with E-state index in [0.717, 1.165) is 15.9 Å². The van der Waals surface area contributed by atoms with Crippen molar-refractivity contribution < 1.29 is 9.59 Å². The zero-order valence-corrected chi connectivity index (χ0v) is 12.9. The lowest BCUT2D eigenvalue weighted by Gasteiger charge is -2.07. The van der Waals surface area contributed by atoms with Crippen LogP contribution in [0, 0.1) is 6.92 Å². The summed E-state index contributed by atoms with van der Waals surface area (Å²) < 4.78 is 1.75. The molecule has 2 heterocycles. The van der Waals surface area contributed by atoms with Crippen molar-refractivity contribution in [3.63, 3.8) is 0 Å². The van der Waals surface area contributed by atoms with Crippen molar-refractivity contribution in [2.24, 2.45) is 12.8 Å². The molecule has 1 aromatic carbocycles. The zero-order valence-electron chi connectivity index (χ0n) is 12.1. The van der Waals surface area contributed by atoms with Crippen molar-refractivity contribution in [3.8, 4) is 0 Å². The Balaban J connectivity index is 1.94. The van der Waals surface area contributed by atoms with Gasteiger partial charge in [0.2, 0.25) is 0 Å². The molecule has 0 atom stereocenters. The Morgan fingerprint density at radius 3 is 2.73 bits per heavy atom. The van der Waals surface area contributed by atoms with Crippen LogP contribution in [0.2, 0.25) is 0 Å². The van der Waals surface area contributed by atoms with E-state index in [0.29, 0.717) is 10.6 Å². The number of anilines is 1. The van der Waals surface area contributed by atoms with E-state index in [1.807, 2.05) is 20.0 Å². The van der Waals surface area contributed by atoms with Crippen LogP contribution in [-0.2, 0) is 7.05 Å². The highest BCUT2D eigenvalue weighted by molar-refractivity contribution is 7.20. The Kier molecular flexibility index (Phi) is 3.42. The predicted molar refractivity (Wildman–Crippen MR) is 86.2 cm³/mol. The van der Waals surface area contributed by atoms with Gasteiger partial charge in [-0.25, -0.2) is 0 Å². The van der Waals surface area contributed by atoms with Crippen LogP contribution in [0.25, 0.3) is 10.2 Å². The molecule has 2 aromatic heterocycles. The van der Waals surface area contributed by atoms with Crippen LogP contribution in [0.1, 0.15) is 25.7 Å². The van der Waals surface area contributed by atoms with Gasteiger partial charge in [0.05, 0.1) is 21.8 Å². The molecule has 3 N–H and O–H groups in total. The van der Waals surface area contributed by atoms with E-state index in [1.54, 1.807) is 28.9 Å². The van der Waals surface area contributed by atoms with Crippen LogP contribution in [0.4, 0.5) is 5.69 Å². The first kappa shape index (κ1) is 14.3. The van der Waals surface area contributed by atoms with Crippen molar-refractivity contribution in [2.45, 2.75) is 6.92 Å².